The SMILES string of the molecule is O=C(N=C1CCNC[C@@H]1F)C12CC3C[C@@](CCF)(C1)C[C@](c1ccccc1)(C3)C2. The first-order chi connectivity index (χ1) is 14.0. The summed E-state index contributed by atoms with van der Waals surface area (Å²) in [6.07, 6.45) is 5.24. The average molecular weight is 401 g/mol. The first kappa shape index (κ1) is 19.3. The van der Waals surface area contributed by atoms with E-state index in [9.17, 15) is 13.6 Å². The normalized spacial score (nSPS) is 42.3. The van der Waals surface area contributed by atoms with Crippen LogP contribution in [0.1, 0.15) is 56.9 Å². The molecule has 1 aromatic carbocycles. The molecule has 156 valence electrons. The molecule has 1 aliphatic heterocycles. The average Bonchev–Trinajstić information content (AvgIpc) is 2.69. The van der Waals surface area contributed by atoms with E-state index >= 15 is 0 Å². The summed E-state index contributed by atoms with van der Waals surface area (Å²) in [6, 6.07) is 10.5. The van der Waals surface area contributed by atoms with E-state index < -0.39 is 11.6 Å². The second-order valence-corrected chi connectivity index (χ2v) is 10.2. The van der Waals surface area contributed by atoms with E-state index in [1.807, 2.05) is 6.07 Å². The number of piperidine rings is 1. The second kappa shape index (κ2) is 6.97. The van der Waals surface area contributed by atoms with Gasteiger partial charge in [0.25, 0.3) is 5.91 Å². The molecule has 0 spiro atoms. The number of aliphatic imine (C=N–C) groups is 1. The summed E-state index contributed by atoms with van der Waals surface area (Å²) in [4.78, 5) is 18.0. The molecule has 5 fully saturated rings. The van der Waals surface area contributed by atoms with Crippen molar-refractivity contribution in [2.24, 2.45) is 21.7 Å². The van der Waals surface area contributed by atoms with Gasteiger partial charge < -0.3 is 5.32 Å². The molecule has 1 N–H and O–H groups in total. The Kier molecular flexibility index (Phi) is 4.65. The number of carbonyl (C=O) groups is 1. The summed E-state index contributed by atoms with van der Waals surface area (Å²) in [5, 5.41) is 3.01. The molecule has 1 aromatic rings. The number of nitrogens with zero attached hydrogens (tertiary/aromatic N) is 1. The Morgan fingerprint density at radius 1 is 1.14 bits per heavy atom. The van der Waals surface area contributed by atoms with Gasteiger partial charge in [-0.1, -0.05) is 30.3 Å². The Labute approximate surface area is 171 Å². The molecule has 1 saturated heterocycles. The van der Waals surface area contributed by atoms with Gasteiger partial charge in [0.05, 0.1) is 17.8 Å². The van der Waals surface area contributed by atoms with Crippen LogP contribution in [0.4, 0.5) is 8.78 Å². The zero-order valence-corrected chi connectivity index (χ0v) is 16.9. The van der Waals surface area contributed by atoms with Crippen molar-refractivity contribution in [2.75, 3.05) is 19.8 Å². The molecule has 4 bridgehead atoms. The van der Waals surface area contributed by atoms with Gasteiger partial charge in [0, 0.05) is 19.5 Å². The highest BCUT2D eigenvalue weighted by Gasteiger charge is 2.65. The van der Waals surface area contributed by atoms with Crippen LogP contribution >= 0.6 is 0 Å². The number of hydrogen-bond donors (Lipinski definition) is 1. The molecule has 4 aliphatic carbocycles. The fraction of sp³-hybridized carbons (Fsp3) is 0.667. The molecule has 0 aromatic heterocycles. The first-order valence-corrected chi connectivity index (χ1v) is 11.1. The third-order valence-corrected chi connectivity index (χ3v) is 8.14. The van der Waals surface area contributed by atoms with Crippen molar-refractivity contribution >= 4 is 11.6 Å². The van der Waals surface area contributed by atoms with E-state index in [1.54, 1.807) is 0 Å². The van der Waals surface area contributed by atoms with Crippen LogP contribution in [0, 0.1) is 16.7 Å². The summed E-state index contributed by atoms with van der Waals surface area (Å²) < 4.78 is 27.9. The van der Waals surface area contributed by atoms with Gasteiger partial charge in [-0.15, -0.1) is 0 Å². The number of hydrogen-bond acceptors (Lipinski definition) is 2. The number of carbonyl (C=O) groups excluding carboxylic acids is 1. The van der Waals surface area contributed by atoms with E-state index in [0.29, 0.717) is 31.0 Å². The summed E-state index contributed by atoms with van der Waals surface area (Å²) in [7, 11) is 0. The van der Waals surface area contributed by atoms with Gasteiger partial charge in [-0.05, 0) is 67.3 Å². The van der Waals surface area contributed by atoms with Gasteiger partial charge in [-0.2, -0.15) is 0 Å². The van der Waals surface area contributed by atoms with Gasteiger partial charge in [-0.25, -0.2) is 9.38 Å². The lowest BCUT2D eigenvalue weighted by atomic mass is 9.38. The van der Waals surface area contributed by atoms with Crippen molar-refractivity contribution < 1.29 is 13.6 Å². The number of alkyl halides is 2. The van der Waals surface area contributed by atoms with Gasteiger partial charge in [-0.3, -0.25) is 9.18 Å². The van der Waals surface area contributed by atoms with E-state index in [2.05, 4.69) is 34.6 Å². The third-order valence-electron chi connectivity index (χ3n) is 8.14. The predicted molar refractivity (Wildman–Crippen MR) is 110 cm³/mol. The maximum atomic E-state index is 14.3. The van der Waals surface area contributed by atoms with Gasteiger partial charge in [0.2, 0.25) is 0 Å². The molecule has 2 unspecified atom stereocenters. The lowest BCUT2D eigenvalue weighted by Crippen LogP contribution is -2.61. The topological polar surface area (TPSA) is 41.5 Å². The van der Waals surface area contributed by atoms with Crippen molar-refractivity contribution in [1.29, 1.82) is 0 Å². The second-order valence-electron chi connectivity index (χ2n) is 10.2. The highest BCUT2D eigenvalue weighted by Crippen LogP contribution is 2.71. The van der Waals surface area contributed by atoms with Crippen molar-refractivity contribution in [1.82, 2.24) is 5.32 Å². The number of nitrogens with one attached hydrogen (secondary N) is 1. The monoisotopic (exact) mass is 400 g/mol. The van der Waals surface area contributed by atoms with E-state index in [0.717, 1.165) is 38.5 Å². The molecule has 5 atom stereocenters. The minimum Gasteiger partial charge on any atom is -0.313 e. The largest absolute Gasteiger partial charge is 0.313 e. The molecule has 1 amide bonds. The fourth-order valence-electron chi connectivity index (χ4n) is 7.56. The van der Waals surface area contributed by atoms with Crippen molar-refractivity contribution in [3.63, 3.8) is 0 Å². The van der Waals surface area contributed by atoms with E-state index in [-0.39, 0.29) is 30.0 Å². The van der Waals surface area contributed by atoms with Crippen molar-refractivity contribution in [3.8, 4) is 0 Å². The van der Waals surface area contributed by atoms with Gasteiger partial charge in [0.1, 0.15) is 0 Å². The first-order valence-electron chi connectivity index (χ1n) is 11.1. The molecule has 0 radical (unpaired) electrons. The predicted octanol–water partition coefficient (Wildman–Crippen LogP) is 4.55. The Morgan fingerprint density at radius 3 is 2.72 bits per heavy atom. The Hall–Kier alpha value is -1.62. The van der Waals surface area contributed by atoms with Crippen molar-refractivity contribution in [2.45, 2.75) is 63.0 Å². The van der Waals surface area contributed by atoms with Gasteiger partial charge in [0.15, 0.2) is 6.17 Å². The number of benzene rings is 1. The van der Waals surface area contributed by atoms with Crippen LogP contribution in [-0.2, 0) is 10.2 Å². The fourth-order valence-corrected chi connectivity index (χ4v) is 7.56. The lowest BCUT2D eigenvalue weighted by molar-refractivity contribution is -0.161. The summed E-state index contributed by atoms with van der Waals surface area (Å²) in [6.45, 7) is 0.567. The van der Waals surface area contributed by atoms with Crippen LogP contribution in [0.2, 0.25) is 0 Å². The highest BCUT2D eigenvalue weighted by atomic mass is 19.1. The Balaban J connectivity index is 1.54. The zero-order chi connectivity index (χ0) is 20.1. The molecular weight excluding hydrogens is 370 g/mol. The lowest BCUT2D eigenvalue weighted by Gasteiger charge is -2.66. The zero-order valence-electron chi connectivity index (χ0n) is 16.9. The summed E-state index contributed by atoms with van der Waals surface area (Å²) in [5.41, 5.74) is 0.931. The van der Waals surface area contributed by atoms with Crippen LogP contribution in [0.5, 0.6) is 0 Å². The summed E-state index contributed by atoms with van der Waals surface area (Å²) >= 11 is 0. The standard InChI is InChI=1S/C24H30F2N2O/c25-8-7-22-10-17-11-23(14-22,18-4-2-1-3-5-18)16-24(12-17,15-22)21(29)28-20-6-9-27-13-19(20)26/h1-5,17,19,27H,6-16H2/t17?,19-,22+,23+,24?/m0/s1. The quantitative estimate of drug-likeness (QED) is 0.805. The molecule has 1 heterocycles. The molecular formula is C24H30F2N2O. The van der Waals surface area contributed by atoms with E-state index in [1.165, 1.54) is 5.56 Å². The van der Waals surface area contributed by atoms with Crippen LogP contribution in [0.3, 0.4) is 0 Å². The smallest absolute Gasteiger partial charge is 0.251 e. The Morgan fingerprint density at radius 2 is 1.97 bits per heavy atom. The molecule has 5 heteroatoms. The summed E-state index contributed by atoms with van der Waals surface area (Å²) in [5.74, 6) is 0.293. The highest BCUT2D eigenvalue weighted by molar-refractivity contribution is 6.01. The molecule has 3 nitrogen and oxygen atoms in total. The maximum Gasteiger partial charge on any atom is 0.251 e. The molecule has 4 saturated carbocycles. The van der Waals surface area contributed by atoms with E-state index in [4.69, 9.17) is 0 Å². The van der Waals surface area contributed by atoms with Crippen LogP contribution in [-0.4, -0.2) is 37.6 Å². The Bertz CT molecular complexity index is 827. The van der Waals surface area contributed by atoms with Crippen LogP contribution in [0.25, 0.3) is 0 Å². The minimum atomic E-state index is -1.18. The molecule has 29 heavy (non-hydrogen) atoms. The van der Waals surface area contributed by atoms with Crippen molar-refractivity contribution in [3.05, 3.63) is 35.9 Å². The van der Waals surface area contributed by atoms with Crippen LogP contribution < -0.4 is 5.32 Å². The van der Waals surface area contributed by atoms with Crippen LogP contribution in [0.15, 0.2) is 35.3 Å². The maximum absolute atomic E-state index is 14.3. The number of amides is 1. The third kappa shape index (κ3) is 3.17. The van der Waals surface area contributed by atoms with Gasteiger partial charge >= 0.3 is 0 Å². The molecule has 6 rings (SSSR count). The molecule has 5 aliphatic rings. The number of halogens is 2. The minimum absolute atomic E-state index is 0.0745. The number of rotatable bonds is 4.